The van der Waals surface area contributed by atoms with Gasteiger partial charge >= 0.3 is 0 Å². The van der Waals surface area contributed by atoms with Gasteiger partial charge in [0.1, 0.15) is 5.75 Å². The van der Waals surface area contributed by atoms with Crippen LogP contribution in [-0.4, -0.2) is 16.2 Å². The van der Waals surface area contributed by atoms with Crippen LogP contribution >= 0.6 is 11.6 Å². The fourth-order valence-corrected chi connectivity index (χ4v) is 2.12. The fraction of sp³-hybridized carbons (Fsp3) is 0.467. The van der Waals surface area contributed by atoms with Crippen LogP contribution in [0.1, 0.15) is 44.0 Å². The zero-order valence-corrected chi connectivity index (χ0v) is 13.2. The number of benzene rings is 1. The molecule has 114 valence electrons. The molecule has 0 bridgehead atoms. The highest BCUT2D eigenvalue weighted by Crippen LogP contribution is 2.26. The molecule has 0 saturated heterocycles. The van der Waals surface area contributed by atoms with E-state index in [1.54, 1.807) is 0 Å². The Morgan fingerprint density at radius 2 is 2.10 bits per heavy atom. The van der Waals surface area contributed by atoms with Gasteiger partial charge in [0.05, 0.1) is 5.02 Å². The molecule has 1 aromatic heterocycles. The minimum Gasteiger partial charge on any atom is -0.484 e. The second-order valence-electron chi connectivity index (χ2n) is 5.44. The summed E-state index contributed by atoms with van der Waals surface area (Å²) < 4.78 is 10.7. The number of hydrogen-bond acceptors (Lipinski definition) is 5. The molecule has 0 amide bonds. The number of ether oxygens (including phenoxy) is 1. The van der Waals surface area contributed by atoms with Crippen LogP contribution in [0.4, 0.5) is 0 Å². The number of aromatic nitrogens is 2. The Bertz CT molecular complexity index is 596. The molecule has 1 aromatic carbocycles. The van der Waals surface area contributed by atoms with Gasteiger partial charge in [-0.1, -0.05) is 36.7 Å². The van der Waals surface area contributed by atoms with Gasteiger partial charge in [-0.25, -0.2) is 0 Å². The van der Waals surface area contributed by atoms with Gasteiger partial charge in [0.15, 0.2) is 6.61 Å². The summed E-state index contributed by atoms with van der Waals surface area (Å²) in [4.78, 5) is 4.25. The van der Waals surface area contributed by atoms with Crippen molar-refractivity contribution in [3.05, 3.63) is 40.5 Å². The Hall–Kier alpha value is -1.59. The molecule has 0 spiro atoms. The Morgan fingerprint density at radius 1 is 1.33 bits per heavy atom. The van der Waals surface area contributed by atoms with E-state index < -0.39 is 0 Å². The molecule has 0 radical (unpaired) electrons. The van der Waals surface area contributed by atoms with Crippen LogP contribution < -0.4 is 10.5 Å². The van der Waals surface area contributed by atoms with Crippen molar-refractivity contribution in [2.75, 3.05) is 0 Å². The van der Waals surface area contributed by atoms with Crippen molar-refractivity contribution in [3.8, 4) is 5.75 Å². The Labute approximate surface area is 129 Å². The first-order chi connectivity index (χ1) is 9.95. The number of hydrogen-bond donors (Lipinski definition) is 1. The van der Waals surface area contributed by atoms with Crippen LogP contribution in [0, 0.1) is 0 Å². The third kappa shape index (κ3) is 4.44. The summed E-state index contributed by atoms with van der Waals surface area (Å²) in [7, 11) is 0. The van der Waals surface area contributed by atoms with E-state index in [1.165, 1.54) is 0 Å². The second-order valence-corrected chi connectivity index (χ2v) is 5.85. The first-order valence-electron chi connectivity index (χ1n) is 6.95. The highest BCUT2D eigenvalue weighted by molar-refractivity contribution is 6.32. The normalized spacial score (nSPS) is 12.7. The molecule has 1 unspecified atom stereocenters. The van der Waals surface area contributed by atoms with Crippen molar-refractivity contribution in [1.82, 2.24) is 10.1 Å². The number of halogens is 1. The van der Waals surface area contributed by atoms with Crippen molar-refractivity contribution in [2.45, 2.75) is 45.8 Å². The van der Waals surface area contributed by atoms with Crippen molar-refractivity contribution in [2.24, 2.45) is 5.73 Å². The van der Waals surface area contributed by atoms with E-state index in [0.29, 0.717) is 22.5 Å². The Balaban J connectivity index is 1.99. The highest BCUT2D eigenvalue weighted by atomic mass is 35.5. The molecule has 1 atom stereocenters. The molecule has 5 nitrogen and oxygen atoms in total. The second kappa shape index (κ2) is 6.91. The van der Waals surface area contributed by atoms with Crippen LogP contribution in [0.2, 0.25) is 5.02 Å². The first kappa shape index (κ1) is 15.8. The lowest BCUT2D eigenvalue weighted by atomic mass is 10.1. The first-order valence-corrected chi connectivity index (χ1v) is 7.32. The van der Waals surface area contributed by atoms with Gasteiger partial charge in [-0.2, -0.15) is 4.98 Å². The lowest BCUT2D eigenvalue weighted by Crippen LogP contribution is -2.17. The molecule has 21 heavy (non-hydrogen) atoms. The van der Waals surface area contributed by atoms with E-state index in [0.717, 1.165) is 12.0 Å². The average molecular weight is 310 g/mol. The van der Waals surface area contributed by atoms with E-state index >= 15 is 0 Å². The maximum atomic E-state index is 6.20. The summed E-state index contributed by atoms with van der Waals surface area (Å²) in [6.07, 6.45) is 0.780. The van der Waals surface area contributed by atoms with Crippen molar-refractivity contribution in [3.63, 3.8) is 0 Å². The Morgan fingerprint density at radius 3 is 2.67 bits per heavy atom. The zero-order valence-electron chi connectivity index (χ0n) is 12.5. The minimum absolute atomic E-state index is 0.0987. The average Bonchev–Trinajstić information content (AvgIpc) is 2.86. The van der Waals surface area contributed by atoms with E-state index in [-0.39, 0.29) is 18.6 Å². The van der Waals surface area contributed by atoms with E-state index in [2.05, 4.69) is 10.1 Å². The fourth-order valence-electron chi connectivity index (χ4n) is 1.86. The van der Waals surface area contributed by atoms with Gasteiger partial charge < -0.3 is 15.0 Å². The van der Waals surface area contributed by atoms with E-state index in [4.69, 9.17) is 26.6 Å². The van der Waals surface area contributed by atoms with Gasteiger partial charge in [-0.15, -0.1) is 0 Å². The molecule has 1 heterocycles. The lowest BCUT2D eigenvalue weighted by Gasteiger charge is -2.09. The predicted molar refractivity (Wildman–Crippen MR) is 81.5 cm³/mol. The third-order valence-corrected chi connectivity index (χ3v) is 3.18. The number of nitrogens with zero attached hydrogens (tertiary/aromatic N) is 2. The summed E-state index contributed by atoms with van der Waals surface area (Å²) in [5.41, 5.74) is 6.86. The molecular weight excluding hydrogens is 290 g/mol. The van der Waals surface area contributed by atoms with Crippen LogP contribution in [0.3, 0.4) is 0 Å². The molecule has 2 N–H and O–H groups in total. The molecule has 0 fully saturated rings. The summed E-state index contributed by atoms with van der Waals surface area (Å²) in [6.45, 7) is 6.17. The summed E-state index contributed by atoms with van der Waals surface area (Å²) in [5, 5.41) is 4.42. The lowest BCUT2D eigenvalue weighted by molar-refractivity contribution is 0.284. The number of nitrogens with two attached hydrogens (primary N) is 1. The van der Waals surface area contributed by atoms with Crippen LogP contribution in [-0.2, 0) is 13.0 Å². The maximum absolute atomic E-state index is 6.20. The summed E-state index contributed by atoms with van der Waals surface area (Å²) >= 11 is 6.20. The molecule has 0 saturated carbocycles. The number of rotatable bonds is 6. The third-order valence-electron chi connectivity index (χ3n) is 2.89. The molecular formula is C15H20ClN3O2. The minimum atomic E-state index is 0.0987. The molecule has 2 rings (SSSR count). The molecule has 0 aliphatic rings. The molecule has 6 heteroatoms. The Kier molecular flexibility index (Phi) is 5.20. The predicted octanol–water partition coefficient (Wildman–Crippen LogP) is 3.32. The van der Waals surface area contributed by atoms with Crippen molar-refractivity contribution in [1.29, 1.82) is 0 Å². The quantitative estimate of drug-likeness (QED) is 0.886. The smallest absolute Gasteiger partial charge is 0.229 e. The van der Waals surface area contributed by atoms with Gasteiger partial charge in [0, 0.05) is 12.0 Å². The van der Waals surface area contributed by atoms with Gasteiger partial charge in [0.25, 0.3) is 0 Å². The van der Waals surface area contributed by atoms with E-state index in [9.17, 15) is 0 Å². The van der Waals surface area contributed by atoms with Crippen LogP contribution in [0.5, 0.6) is 5.75 Å². The van der Waals surface area contributed by atoms with Gasteiger partial charge in [0.2, 0.25) is 11.7 Å². The highest BCUT2D eigenvalue weighted by Gasteiger charge is 2.11. The van der Waals surface area contributed by atoms with Crippen LogP contribution in [0.25, 0.3) is 0 Å². The largest absolute Gasteiger partial charge is 0.484 e. The van der Waals surface area contributed by atoms with Crippen molar-refractivity contribution >= 4 is 11.6 Å². The maximum Gasteiger partial charge on any atom is 0.229 e. The van der Waals surface area contributed by atoms with Crippen LogP contribution in [0.15, 0.2) is 22.7 Å². The van der Waals surface area contributed by atoms with E-state index in [1.807, 2.05) is 39.0 Å². The summed E-state index contributed by atoms with van der Waals surface area (Å²) in [6, 6.07) is 5.77. The van der Waals surface area contributed by atoms with Gasteiger partial charge in [-0.05, 0) is 31.0 Å². The SMILES string of the molecule is CC(N)Cc1ccc(OCc2noc(C(C)C)n2)c(Cl)c1. The molecule has 0 aliphatic carbocycles. The summed E-state index contributed by atoms with van der Waals surface area (Å²) in [5.74, 6) is 1.91. The molecule has 0 aliphatic heterocycles. The monoisotopic (exact) mass is 309 g/mol. The van der Waals surface area contributed by atoms with Crippen molar-refractivity contribution < 1.29 is 9.26 Å². The standard InChI is InChI=1S/C15H20ClN3O2/c1-9(2)15-18-14(19-21-15)8-20-13-5-4-11(6-10(3)17)7-12(13)16/h4-5,7,9-10H,6,8,17H2,1-3H3. The molecule has 2 aromatic rings. The van der Waals surface area contributed by atoms with Gasteiger partial charge in [-0.3, -0.25) is 0 Å². The zero-order chi connectivity index (χ0) is 15.4. The topological polar surface area (TPSA) is 74.2 Å².